The highest BCUT2D eigenvalue weighted by atomic mass is 32.1. The van der Waals surface area contributed by atoms with Crippen LogP contribution in [0, 0.1) is 0 Å². The summed E-state index contributed by atoms with van der Waals surface area (Å²) in [6.07, 6.45) is 4.65. The number of benzene rings is 1. The number of hydrogen-bond donors (Lipinski definition) is 0. The third-order valence-electron chi connectivity index (χ3n) is 4.41. The van der Waals surface area contributed by atoms with Crippen LogP contribution in [0.4, 0.5) is 0 Å². The fraction of sp³-hybridized carbons (Fsp3) is 0.476. The Bertz CT molecular complexity index is 753. The number of ether oxygens (including phenoxy) is 1. The molecule has 0 bridgehead atoms. The van der Waals surface area contributed by atoms with Gasteiger partial charge in [0.1, 0.15) is 5.01 Å². The quantitative estimate of drug-likeness (QED) is 0.461. The Morgan fingerprint density at radius 2 is 1.89 bits per heavy atom. The molecule has 0 aliphatic heterocycles. The van der Waals surface area contributed by atoms with Gasteiger partial charge in [-0.25, -0.2) is 9.78 Å². The van der Waals surface area contributed by atoms with Crippen LogP contribution in [0.25, 0.3) is 0 Å². The van der Waals surface area contributed by atoms with Crippen LogP contribution >= 0.6 is 11.3 Å². The summed E-state index contributed by atoms with van der Waals surface area (Å²) in [5.74, 6) is -0.487. The van der Waals surface area contributed by atoms with Crippen LogP contribution in [0.2, 0.25) is 0 Å². The second-order valence-electron chi connectivity index (χ2n) is 6.80. The Morgan fingerprint density at radius 1 is 1.19 bits per heavy atom. The topological polar surface area (TPSA) is 59.5 Å². The van der Waals surface area contributed by atoms with Gasteiger partial charge in [-0.05, 0) is 44.4 Å². The maximum atomic E-state index is 13.0. The van der Waals surface area contributed by atoms with Gasteiger partial charge in [-0.15, -0.1) is 11.3 Å². The molecule has 0 aliphatic carbocycles. The molecule has 1 amide bonds. The Balaban J connectivity index is 2.08. The standard InChI is InChI=1S/C21H28N2O3S/c1-5-6-7-8-16-9-11-17(12-10-16)20(24)23(15(2)3)13-19-22-18(14-27-19)21(25)26-4/h9-12,14-15H,5-8,13H2,1-4H3. The molecule has 146 valence electrons. The van der Waals surface area contributed by atoms with Crippen LogP contribution in [0.5, 0.6) is 0 Å². The van der Waals surface area contributed by atoms with Gasteiger partial charge < -0.3 is 9.64 Å². The van der Waals surface area contributed by atoms with Crippen LogP contribution in [-0.4, -0.2) is 34.9 Å². The van der Waals surface area contributed by atoms with E-state index in [4.69, 9.17) is 0 Å². The lowest BCUT2D eigenvalue weighted by Gasteiger charge is -2.26. The zero-order valence-corrected chi connectivity index (χ0v) is 17.3. The molecule has 0 spiro atoms. The minimum Gasteiger partial charge on any atom is -0.464 e. The van der Waals surface area contributed by atoms with Crippen molar-refractivity contribution in [3.63, 3.8) is 0 Å². The smallest absolute Gasteiger partial charge is 0.357 e. The van der Waals surface area contributed by atoms with Crippen LogP contribution in [0.15, 0.2) is 29.6 Å². The Morgan fingerprint density at radius 3 is 2.48 bits per heavy atom. The summed E-state index contributed by atoms with van der Waals surface area (Å²) in [6.45, 7) is 6.52. The third kappa shape index (κ3) is 5.89. The average Bonchev–Trinajstić information content (AvgIpc) is 3.14. The Kier molecular flexibility index (Phi) is 7.98. The van der Waals surface area contributed by atoms with Crippen LogP contribution < -0.4 is 0 Å². The first-order valence-corrected chi connectivity index (χ1v) is 10.3. The SMILES string of the molecule is CCCCCc1ccc(C(=O)N(Cc2nc(C(=O)OC)cs2)C(C)C)cc1. The molecule has 27 heavy (non-hydrogen) atoms. The van der Waals surface area contributed by atoms with Crippen molar-refractivity contribution in [1.82, 2.24) is 9.88 Å². The summed E-state index contributed by atoms with van der Waals surface area (Å²) >= 11 is 1.36. The van der Waals surface area contributed by atoms with Gasteiger partial charge in [0.25, 0.3) is 5.91 Å². The highest BCUT2D eigenvalue weighted by Gasteiger charge is 2.21. The molecule has 0 atom stereocenters. The molecule has 2 aromatic rings. The van der Waals surface area contributed by atoms with E-state index < -0.39 is 5.97 Å². The van der Waals surface area contributed by atoms with Gasteiger partial charge in [0.05, 0.1) is 13.7 Å². The van der Waals surface area contributed by atoms with Crippen LogP contribution in [0.1, 0.15) is 71.5 Å². The van der Waals surface area contributed by atoms with Crippen molar-refractivity contribution >= 4 is 23.2 Å². The predicted octanol–water partition coefficient (Wildman–Crippen LogP) is 4.71. The number of aromatic nitrogens is 1. The van der Waals surface area contributed by atoms with E-state index in [9.17, 15) is 9.59 Å². The molecule has 1 aromatic carbocycles. The van der Waals surface area contributed by atoms with E-state index in [0.29, 0.717) is 17.1 Å². The normalized spacial score (nSPS) is 10.9. The molecule has 0 fully saturated rings. The van der Waals surface area contributed by atoms with Gasteiger partial charge in [-0.1, -0.05) is 31.9 Å². The van der Waals surface area contributed by atoms with Crippen LogP contribution in [0.3, 0.4) is 0 Å². The van der Waals surface area contributed by atoms with Gasteiger partial charge in [-0.3, -0.25) is 4.79 Å². The van der Waals surface area contributed by atoms with Gasteiger partial charge in [0.2, 0.25) is 0 Å². The number of carbonyl (C=O) groups is 2. The van der Waals surface area contributed by atoms with E-state index in [1.54, 1.807) is 10.3 Å². The minimum absolute atomic E-state index is 0.0206. The molecular weight excluding hydrogens is 360 g/mol. The first-order valence-electron chi connectivity index (χ1n) is 9.38. The third-order valence-corrected chi connectivity index (χ3v) is 5.24. The number of amides is 1. The van der Waals surface area contributed by atoms with Crippen molar-refractivity contribution in [3.8, 4) is 0 Å². The summed E-state index contributed by atoms with van der Waals surface area (Å²) in [6, 6.07) is 7.91. The summed E-state index contributed by atoms with van der Waals surface area (Å²) in [5, 5.41) is 2.38. The van der Waals surface area contributed by atoms with Crippen molar-refractivity contribution in [3.05, 3.63) is 51.5 Å². The predicted molar refractivity (Wildman–Crippen MR) is 108 cm³/mol. The Labute approximate surface area is 165 Å². The van der Waals surface area contributed by atoms with E-state index in [1.165, 1.54) is 43.3 Å². The zero-order valence-electron chi connectivity index (χ0n) is 16.5. The molecule has 2 rings (SSSR count). The number of carbonyl (C=O) groups excluding carboxylic acids is 2. The lowest BCUT2D eigenvalue weighted by molar-refractivity contribution is 0.0594. The molecule has 0 saturated carbocycles. The average molecular weight is 389 g/mol. The monoisotopic (exact) mass is 388 g/mol. The lowest BCUT2D eigenvalue weighted by Crippen LogP contribution is -2.36. The number of thiazole rings is 1. The first kappa shape index (κ1) is 21.1. The summed E-state index contributed by atoms with van der Waals surface area (Å²) in [7, 11) is 1.33. The van der Waals surface area contributed by atoms with E-state index in [-0.39, 0.29) is 17.6 Å². The maximum absolute atomic E-state index is 13.0. The molecule has 0 saturated heterocycles. The largest absolute Gasteiger partial charge is 0.464 e. The highest BCUT2D eigenvalue weighted by molar-refractivity contribution is 7.09. The molecule has 0 N–H and O–H groups in total. The summed E-state index contributed by atoms with van der Waals surface area (Å²) < 4.78 is 4.69. The van der Waals surface area contributed by atoms with E-state index in [2.05, 4.69) is 16.6 Å². The molecular formula is C21H28N2O3S. The number of esters is 1. The van der Waals surface area contributed by atoms with Crippen molar-refractivity contribution in [1.29, 1.82) is 0 Å². The fourth-order valence-corrected chi connectivity index (χ4v) is 3.54. The second kappa shape index (κ2) is 10.2. The van der Waals surface area contributed by atoms with Crippen molar-refractivity contribution in [2.75, 3.05) is 7.11 Å². The molecule has 0 aliphatic rings. The molecule has 6 heteroatoms. The van der Waals surface area contributed by atoms with Crippen LogP contribution in [-0.2, 0) is 17.7 Å². The van der Waals surface area contributed by atoms with Crippen molar-refractivity contribution < 1.29 is 14.3 Å². The van der Waals surface area contributed by atoms with E-state index in [0.717, 1.165) is 6.42 Å². The molecule has 1 aromatic heterocycles. The fourth-order valence-electron chi connectivity index (χ4n) is 2.78. The second-order valence-corrected chi connectivity index (χ2v) is 7.74. The number of hydrogen-bond acceptors (Lipinski definition) is 5. The summed E-state index contributed by atoms with van der Waals surface area (Å²) in [4.78, 5) is 30.6. The molecule has 5 nitrogen and oxygen atoms in total. The van der Waals surface area contributed by atoms with Gasteiger partial charge in [0.15, 0.2) is 5.69 Å². The number of rotatable bonds is 9. The number of unbranched alkanes of at least 4 members (excludes halogenated alkanes) is 2. The van der Waals surface area contributed by atoms with Gasteiger partial charge >= 0.3 is 5.97 Å². The van der Waals surface area contributed by atoms with Crippen molar-refractivity contribution in [2.45, 2.75) is 59.0 Å². The summed E-state index contributed by atoms with van der Waals surface area (Å²) in [5.41, 5.74) is 2.22. The molecule has 0 radical (unpaired) electrons. The zero-order chi connectivity index (χ0) is 19.8. The molecule has 1 heterocycles. The Hall–Kier alpha value is -2.21. The van der Waals surface area contributed by atoms with E-state index >= 15 is 0 Å². The first-order chi connectivity index (χ1) is 13.0. The van der Waals surface area contributed by atoms with Gasteiger partial charge in [0, 0.05) is 17.0 Å². The lowest BCUT2D eigenvalue weighted by atomic mass is 10.0. The number of aryl methyl sites for hydroxylation is 1. The van der Waals surface area contributed by atoms with Crippen molar-refractivity contribution in [2.24, 2.45) is 0 Å². The number of methoxy groups -OCH3 is 1. The number of nitrogens with zero attached hydrogens (tertiary/aromatic N) is 2. The minimum atomic E-state index is -0.460. The maximum Gasteiger partial charge on any atom is 0.357 e. The van der Waals surface area contributed by atoms with E-state index in [1.807, 2.05) is 38.1 Å². The van der Waals surface area contributed by atoms with Gasteiger partial charge in [-0.2, -0.15) is 0 Å². The molecule has 0 unspecified atom stereocenters. The highest BCUT2D eigenvalue weighted by Crippen LogP contribution is 2.18.